The smallest absolute Gasteiger partial charge is 0.256 e. The van der Waals surface area contributed by atoms with E-state index in [2.05, 4.69) is 13.8 Å². The van der Waals surface area contributed by atoms with Gasteiger partial charge < -0.3 is 14.4 Å². The van der Waals surface area contributed by atoms with Gasteiger partial charge in [-0.15, -0.1) is 0 Å². The van der Waals surface area contributed by atoms with Gasteiger partial charge >= 0.3 is 0 Å². The number of nitrogens with zero attached hydrogens (tertiary/aromatic N) is 1. The van der Waals surface area contributed by atoms with E-state index in [9.17, 15) is 4.79 Å². The molecule has 0 bridgehead atoms. The van der Waals surface area contributed by atoms with E-state index in [1.165, 1.54) is 5.56 Å². The molecular formula is C20H22ClNO3. The fourth-order valence-electron chi connectivity index (χ4n) is 3.35. The summed E-state index contributed by atoms with van der Waals surface area (Å²) in [7, 11) is 3.25. The maximum absolute atomic E-state index is 13.1. The number of methoxy groups -OCH3 is 2. The zero-order valence-corrected chi connectivity index (χ0v) is 15.7. The number of fused-ring (bicyclic) bond motifs is 1. The van der Waals surface area contributed by atoms with Crippen molar-refractivity contribution in [3.05, 3.63) is 58.1 Å². The normalized spacial score (nSPS) is 15.5. The Hall–Kier alpha value is -2.20. The number of halogens is 1. The monoisotopic (exact) mass is 359 g/mol. The van der Waals surface area contributed by atoms with Gasteiger partial charge in [0.1, 0.15) is 0 Å². The molecule has 0 fully saturated rings. The number of hydrogen-bond donors (Lipinski definition) is 0. The first-order valence-corrected chi connectivity index (χ1v) is 8.55. The summed E-state index contributed by atoms with van der Waals surface area (Å²) in [5.74, 6) is 1.32. The van der Waals surface area contributed by atoms with Gasteiger partial charge in [0, 0.05) is 12.1 Å². The molecule has 1 aliphatic rings. The number of rotatable bonds is 3. The number of benzene rings is 2. The highest BCUT2D eigenvalue weighted by atomic mass is 35.5. The summed E-state index contributed by atoms with van der Waals surface area (Å²) in [4.78, 5) is 15.0. The number of amides is 1. The molecule has 0 saturated carbocycles. The third kappa shape index (κ3) is 3.19. The van der Waals surface area contributed by atoms with Crippen LogP contribution in [-0.4, -0.2) is 30.6 Å². The van der Waals surface area contributed by atoms with E-state index in [4.69, 9.17) is 21.1 Å². The molecule has 0 unspecified atom stereocenters. The van der Waals surface area contributed by atoms with Crippen LogP contribution in [0.25, 0.3) is 0 Å². The molecule has 0 spiro atoms. The molecule has 3 rings (SSSR count). The van der Waals surface area contributed by atoms with Gasteiger partial charge in [0.05, 0.1) is 24.8 Å². The van der Waals surface area contributed by atoms with Crippen molar-refractivity contribution in [2.24, 2.45) is 0 Å². The molecule has 5 heteroatoms. The summed E-state index contributed by atoms with van der Waals surface area (Å²) < 4.78 is 10.8. The minimum atomic E-state index is -0.331. The van der Waals surface area contributed by atoms with Gasteiger partial charge in [0.2, 0.25) is 0 Å². The van der Waals surface area contributed by atoms with Gasteiger partial charge in [-0.3, -0.25) is 4.79 Å². The summed E-state index contributed by atoms with van der Waals surface area (Å²) in [6, 6.07) is 11.1. The Morgan fingerprint density at radius 3 is 2.28 bits per heavy atom. The predicted octanol–water partition coefficient (Wildman–Crippen LogP) is 4.33. The van der Waals surface area contributed by atoms with Crippen LogP contribution in [-0.2, 0) is 13.0 Å². The molecule has 0 aromatic heterocycles. The van der Waals surface area contributed by atoms with Crippen LogP contribution in [0, 0.1) is 0 Å². The molecule has 132 valence electrons. The van der Waals surface area contributed by atoms with Crippen LogP contribution in [0.15, 0.2) is 36.4 Å². The SMILES string of the molecule is COc1cc2c(cc1OC)CC(C)(C)N(C(=O)c1ccccc1Cl)C2. The zero-order chi connectivity index (χ0) is 18.2. The standard InChI is InChI=1S/C20H22ClNO3/c1-20(2)11-13-9-17(24-3)18(25-4)10-14(13)12-22(20)19(23)15-7-5-6-8-16(15)21/h5-10H,11-12H2,1-4H3. The molecule has 1 amide bonds. The Kier molecular flexibility index (Phi) is 4.65. The highest BCUT2D eigenvalue weighted by Crippen LogP contribution is 2.38. The first-order chi connectivity index (χ1) is 11.9. The average Bonchev–Trinajstić information content (AvgIpc) is 2.59. The maximum atomic E-state index is 13.1. The van der Waals surface area contributed by atoms with E-state index < -0.39 is 0 Å². The van der Waals surface area contributed by atoms with Gasteiger partial charge in [-0.05, 0) is 55.7 Å². The van der Waals surface area contributed by atoms with Crippen molar-refractivity contribution in [3.63, 3.8) is 0 Å². The number of ether oxygens (including phenoxy) is 2. The second-order valence-electron chi connectivity index (χ2n) is 6.84. The van der Waals surface area contributed by atoms with Gasteiger partial charge in [0.15, 0.2) is 11.5 Å². The molecule has 2 aromatic rings. The molecule has 0 saturated heterocycles. The molecule has 0 atom stereocenters. The topological polar surface area (TPSA) is 38.8 Å². The zero-order valence-electron chi connectivity index (χ0n) is 14.9. The van der Waals surface area contributed by atoms with E-state index >= 15 is 0 Å². The van der Waals surface area contributed by atoms with Crippen LogP contribution < -0.4 is 9.47 Å². The third-order valence-corrected chi connectivity index (χ3v) is 5.07. The van der Waals surface area contributed by atoms with E-state index in [0.717, 1.165) is 12.0 Å². The summed E-state index contributed by atoms with van der Waals surface area (Å²) >= 11 is 6.23. The largest absolute Gasteiger partial charge is 0.493 e. The number of hydrogen-bond acceptors (Lipinski definition) is 3. The molecule has 0 radical (unpaired) electrons. The van der Waals surface area contributed by atoms with E-state index in [1.807, 2.05) is 29.2 Å². The Morgan fingerprint density at radius 2 is 1.68 bits per heavy atom. The van der Waals surface area contributed by atoms with Crippen LogP contribution in [0.3, 0.4) is 0 Å². The molecule has 0 N–H and O–H groups in total. The predicted molar refractivity (Wildman–Crippen MR) is 98.7 cm³/mol. The van der Waals surface area contributed by atoms with Crippen LogP contribution in [0.4, 0.5) is 0 Å². The molecular weight excluding hydrogens is 338 g/mol. The first-order valence-electron chi connectivity index (χ1n) is 8.17. The number of carbonyl (C=O) groups excluding carboxylic acids is 1. The van der Waals surface area contributed by atoms with Crippen molar-refractivity contribution in [2.75, 3.05) is 14.2 Å². The van der Waals surface area contributed by atoms with Crippen LogP contribution in [0.1, 0.15) is 35.3 Å². The van der Waals surface area contributed by atoms with Gasteiger partial charge in [-0.25, -0.2) is 0 Å². The molecule has 0 aliphatic carbocycles. The minimum absolute atomic E-state index is 0.0592. The lowest BCUT2D eigenvalue weighted by atomic mass is 9.84. The summed E-state index contributed by atoms with van der Waals surface area (Å²) in [5, 5.41) is 0.474. The van der Waals surface area contributed by atoms with E-state index in [0.29, 0.717) is 28.6 Å². The van der Waals surface area contributed by atoms with Crippen molar-refractivity contribution in [1.29, 1.82) is 0 Å². The molecule has 1 heterocycles. The maximum Gasteiger partial charge on any atom is 0.256 e. The Morgan fingerprint density at radius 1 is 1.08 bits per heavy atom. The van der Waals surface area contributed by atoms with Crippen molar-refractivity contribution in [2.45, 2.75) is 32.4 Å². The highest BCUT2D eigenvalue weighted by Gasteiger charge is 2.37. The van der Waals surface area contributed by atoms with E-state index in [1.54, 1.807) is 26.4 Å². The van der Waals surface area contributed by atoms with Crippen molar-refractivity contribution >= 4 is 17.5 Å². The minimum Gasteiger partial charge on any atom is -0.493 e. The molecule has 1 aliphatic heterocycles. The van der Waals surface area contributed by atoms with Crippen LogP contribution >= 0.6 is 11.6 Å². The molecule has 2 aromatic carbocycles. The van der Waals surface area contributed by atoms with E-state index in [-0.39, 0.29) is 11.4 Å². The Labute approximate surface area is 153 Å². The fraction of sp³-hybridized carbons (Fsp3) is 0.350. The third-order valence-electron chi connectivity index (χ3n) is 4.74. The van der Waals surface area contributed by atoms with Gasteiger partial charge in [0.25, 0.3) is 5.91 Å². The second kappa shape index (κ2) is 6.60. The molecule has 25 heavy (non-hydrogen) atoms. The average molecular weight is 360 g/mol. The second-order valence-corrected chi connectivity index (χ2v) is 7.24. The summed E-state index contributed by atoms with van der Waals surface area (Å²) in [6.07, 6.45) is 0.735. The Bertz CT molecular complexity index is 817. The van der Waals surface area contributed by atoms with Crippen LogP contribution in [0.2, 0.25) is 5.02 Å². The van der Waals surface area contributed by atoms with Crippen LogP contribution in [0.5, 0.6) is 11.5 Å². The highest BCUT2D eigenvalue weighted by molar-refractivity contribution is 6.33. The quantitative estimate of drug-likeness (QED) is 0.818. The Balaban J connectivity index is 2.01. The summed E-state index contributed by atoms with van der Waals surface area (Å²) in [5.41, 5.74) is 2.44. The van der Waals surface area contributed by atoms with Gasteiger partial charge in [-0.1, -0.05) is 23.7 Å². The van der Waals surface area contributed by atoms with Crippen molar-refractivity contribution in [1.82, 2.24) is 4.90 Å². The van der Waals surface area contributed by atoms with Gasteiger partial charge in [-0.2, -0.15) is 0 Å². The summed E-state index contributed by atoms with van der Waals surface area (Å²) in [6.45, 7) is 4.65. The lowest BCUT2D eigenvalue weighted by molar-refractivity contribution is 0.0488. The lowest BCUT2D eigenvalue weighted by Gasteiger charge is -2.43. The van der Waals surface area contributed by atoms with Crippen molar-refractivity contribution < 1.29 is 14.3 Å². The number of carbonyl (C=O) groups is 1. The molecule has 4 nitrogen and oxygen atoms in total. The fourth-order valence-corrected chi connectivity index (χ4v) is 3.56. The van der Waals surface area contributed by atoms with Crippen molar-refractivity contribution in [3.8, 4) is 11.5 Å². The lowest BCUT2D eigenvalue weighted by Crippen LogP contribution is -2.51. The first kappa shape index (κ1) is 17.6.